The van der Waals surface area contributed by atoms with Gasteiger partial charge in [0, 0.05) is 20.0 Å². The lowest BCUT2D eigenvalue weighted by molar-refractivity contribution is -0.393. The van der Waals surface area contributed by atoms with Crippen molar-refractivity contribution in [2.24, 2.45) is 0 Å². The monoisotopic (exact) mass is 1240 g/mol. The summed E-state index contributed by atoms with van der Waals surface area (Å²) in [7, 11) is 1.39. The number of carbonyl (C=O) groups is 2. The lowest BCUT2D eigenvalue weighted by Crippen LogP contribution is -2.69. The minimum Gasteiger partial charge on any atom is -0.469 e. The Labute approximate surface area is 529 Å². The van der Waals surface area contributed by atoms with Crippen molar-refractivity contribution in [3.8, 4) is 0 Å². The highest BCUT2D eigenvalue weighted by Gasteiger charge is 2.57. The maximum Gasteiger partial charge on any atom is 0.305 e. The molecule has 0 spiro atoms. The molecule has 90 heavy (non-hydrogen) atoms. The van der Waals surface area contributed by atoms with E-state index in [4.69, 9.17) is 61.6 Å². The highest BCUT2D eigenvalue weighted by molar-refractivity contribution is 5.73. The van der Waals surface area contributed by atoms with Crippen LogP contribution in [0.2, 0.25) is 0 Å². The van der Waals surface area contributed by atoms with E-state index in [1.807, 2.05) is 189 Å². The molecule has 0 unspecified atom stereocenters. The number of aliphatic hydroxyl groups excluding tert-OH is 2. The van der Waals surface area contributed by atoms with Gasteiger partial charge in [-0.15, -0.1) is 0 Å². The number of benzene rings is 6. The smallest absolute Gasteiger partial charge is 0.305 e. The van der Waals surface area contributed by atoms with Gasteiger partial charge in [-0.25, -0.2) is 0 Å². The van der Waals surface area contributed by atoms with E-state index in [2.05, 4.69) is 5.32 Å². The largest absolute Gasteiger partial charge is 0.469 e. The molecule has 484 valence electrons. The van der Waals surface area contributed by atoms with Crippen LogP contribution in [0, 0.1) is 0 Å². The quantitative estimate of drug-likeness (QED) is 0.0250. The Morgan fingerprint density at radius 1 is 0.444 bits per heavy atom. The average Bonchev–Trinajstić information content (AvgIpc) is 0.836. The Balaban J connectivity index is 1.11. The van der Waals surface area contributed by atoms with Gasteiger partial charge in [0.05, 0.1) is 66.1 Å². The van der Waals surface area contributed by atoms with Crippen molar-refractivity contribution in [1.29, 1.82) is 0 Å². The average molecular weight is 1240 g/mol. The van der Waals surface area contributed by atoms with Crippen molar-refractivity contribution >= 4 is 11.9 Å². The molecule has 0 radical (unpaired) electrons. The van der Waals surface area contributed by atoms with Crippen molar-refractivity contribution < 1.29 is 81.4 Å². The molecule has 6 aromatic carbocycles. The van der Waals surface area contributed by atoms with E-state index in [-0.39, 0.29) is 58.8 Å². The van der Waals surface area contributed by atoms with Crippen molar-refractivity contribution in [3.05, 3.63) is 215 Å². The number of methoxy groups -OCH3 is 1. The topological polar surface area (TPSA) is 207 Å². The molecule has 3 aliphatic rings. The SMILES string of the molecule is COC(=O)CCCCCCCCO[C@@H]1O[C@H](CO)[C@@H](O)[C@H](O[C@@H]2O[C@H](COCc3ccccc3)[C@H](OCc3ccccc3)[C@H](OCc3ccccc3)[C@H]2O[C@@H]2O[C@@H](C)[C@@H](OCc3ccccc3)[C@@H](OCc3ccccc3)[C@@H]2OCc2ccccc2)[C@H]1NC(C)=O. The van der Waals surface area contributed by atoms with Crippen LogP contribution in [0.25, 0.3) is 0 Å². The number of nitrogens with one attached hydrogen (secondary N) is 1. The number of unbranched alkanes of at least 4 members (excludes halogenated alkanes) is 5. The summed E-state index contributed by atoms with van der Waals surface area (Å²) in [5, 5.41) is 26.3. The first-order valence-corrected chi connectivity index (χ1v) is 31.5. The first kappa shape index (κ1) is 68.1. The third kappa shape index (κ3) is 20.6. The Morgan fingerprint density at radius 2 is 0.844 bits per heavy atom. The molecule has 3 aliphatic heterocycles. The summed E-state index contributed by atoms with van der Waals surface area (Å²) in [5.41, 5.74) is 5.44. The summed E-state index contributed by atoms with van der Waals surface area (Å²) in [6.45, 7) is 3.87. The lowest BCUT2D eigenvalue weighted by Gasteiger charge is -2.51. The van der Waals surface area contributed by atoms with E-state index in [1.54, 1.807) is 0 Å². The Kier molecular flexibility index (Phi) is 27.7. The number of amides is 1. The zero-order valence-electron chi connectivity index (χ0n) is 51.8. The zero-order chi connectivity index (χ0) is 62.7. The first-order valence-electron chi connectivity index (χ1n) is 31.5. The second-order valence-corrected chi connectivity index (χ2v) is 23.0. The van der Waals surface area contributed by atoms with Gasteiger partial charge in [0.1, 0.15) is 67.1 Å². The third-order valence-corrected chi connectivity index (χ3v) is 16.2. The molecule has 3 heterocycles. The summed E-state index contributed by atoms with van der Waals surface area (Å²) in [4.78, 5) is 25.0. The van der Waals surface area contributed by atoms with E-state index in [1.165, 1.54) is 14.0 Å². The fourth-order valence-electron chi connectivity index (χ4n) is 11.5. The molecule has 18 nitrogen and oxygen atoms in total. The predicted molar refractivity (Wildman–Crippen MR) is 334 cm³/mol. The fourth-order valence-corrected chi connectivity index (χ4v) is 11.5. The summed E-state index contributed by atoms with van der Waals surface area (Å²) in [5.74, 6) is -0.677. The molecule has 18 heteroatoms. The van der Waals surface area contributed by atoms with Crippen LogP contribution < -0.4 is 5.32 Å². The second-order valence-electron chi connectivity index (χ2n) is 23.0. The third-order valence-electron chi connectivity index (χ3n) is 16.2. The van der Waals surface area contributed by atoms with Crippen LogP contribution in [-0.2, 0) is 111 Å². The fraction of sp³-hybridized carbons (Fsp3) is 0.472. The lowest BCUT2D eigenvalue weighted by atomic mass is 9.94. The second kappa shape index (κ2) is 36.7. The molecule has 3 N–H and O–H groups in total. The summed E-state index contributed by atoms with van der Waals surface area (Å²) in [6.07, 6.45) is -10.3. The molecular formula is C72H89NO17. The van der Waals surface area contributed by atoms with Crippen LogP contribution in [0.3, 0.4) is 0 Å². The standard InChI is InChI=1S/C72H89NO17/c1-50-63(81-44-53-30-16-9-17-31-53)66(83-46-55-34-20-11-21-35-55)68(85-48-57-38-24-13-25-39-57)71(86-50)90-69-67(84-47-56-36-22-12-23-37-56)64(82-45-54-32-18-10-19-33-54)59(49-79-43-52-28-14-8-15-29-52)88-72(69)89-65-61(73-51(2)75)70(87-58(42-74)62(65)77)80-41-27-7-5-4-6-26-40-60(76)78-3/h8-25,28-39,50,58-59,61-72,74,77H,4-7,26-27,40-49H2,1-3H3,(H,73,75)/t50-,58+,59+,61+,62+,63+,64-,65+,66+,67-,68-,69+,70+,71-,72-/m0/s1. The van der Waals surface area contributed by atoms with Gasteiger partial charge < -0.3 is 77.1 Å². The van der Waals surface area contributed by atoms with Crippen LogP contribution in [-0.4, -0.2) is 141 Å². The molecule has 1 amide bonds. The van der Waals surface area contributed by atoms with E-state index in [0.717, 1.165) is 65.5 Å². The van der Waals surface area contributed by atoms with Crippen LogP contribution in [0.4, 0.5) is 0 Å². The predicted octanol–water partition coefficient (Wildman–Crippen LogP) is 9.87. The molecular weight excluding hydrogens is 1150 g/mol. The molecule has 0 aliphatic carbocycles. The van der Waals surface area contributed by atoms with Crippen molar-refractivity contribution in [2.75, 3.05) is 26.9 Å². The molecule has 3 saturated heterocycles. The van der Waals surface area contributed by atoms with Crippen molar-refractivity contribution in [3.63, 3.8) is 0 Å². The number of ether oxygens (including phenoxy) is 13. The van der Waals surface area contributed by atoms with Gasteiger partial charge in [-0.2, -0.15) is 0 Å². The van der Waals surface area contributed by atoms with E-state index >= 15 is 0 Å². The van der Waals surface area contributed by atoms with Crippen LogP contribution in [0.5, 0.6) is 0 Å². The zero-order valence-corrected chi connectivity index (χ0v) is 51.8. The van der Waals surface area contributed by atoms with E-state index in [9.17, 15) is 19.8 Å². The summed E-state index contributed by atoms with van der Waals surface area (Å²) >= 11 is 0. The maximum atomic E-state index is 13.4. The van der Waals surface area contributed by atoms with Gasteiger partial charge in [-0.05, 0) is 53.1 Å². The summed E-state index contributed by atoms with van der Waals surface area (Å²) in [6, 6.07) is 57.7. The number of carbonyl (C=O) groups excluding carboxylic acids is 2. The number of hydrogen-bond acceptors (Lipinski definition) is 17. The molecule has 3 fully saturated rings. The van der Waals surface area contributed by atoms with Crippen LogP contribution in [0.15, 0.2) is 182 Å². The van der Waals surface area contributed by atoms with Crippen LogP contribution in [0.1, 0.15) is 92.2 Å². The molecule has 0 bridgehead atoms. The highest BCUT2D eigenvalue weighted by atomic mass is 16.8. The highest BCUT2D eigenvalue weighted by Crippen LogP contribution is 2.39. The minimum atomic E-state index is -1.56. The number of hydrogen-bond donors (Lipinski definition) is 3. The van der Waals surface area contributed by atoms with Crippen molar-refractivity contribution in [2.45, 2.75) is 190 Å². The van der Waals surface area contributed by atoms with Crippen LogP contribution >= 0.6 is 0 Å². The molecule has 0 saturated carbocycles. The number of aliphatic hydroxyl groups is 2. The molecule has 9 rings (SSSR count). The van der Waals surface area contributed by atoms with Gasteiger partial charge in [-0.1, -0.05) is 208 Å². The van der Waals surface area contributed by atoms with Gasteiger partial charge in [0.2, 0.25) is 5.91 Å². The Morgan fingerprint density at radius 3 is 1.32 bits per heavy atom. The number of rotatable bonds is 35. The minimum absolute atomic E-state index is 0.0243. The van der Waals surface area contributed by atoms with Gasteiger partial charge in [-0.3, -0.25) is 9.59 Å². The first-order chi connectivity index (χ1) is 44.1. The Hall–Kier alpha value is -6.30. The molecule has 15 atom stereocenters. The van der Waals surface area contributed by atoms with Gasteiger partial charge >= 0.3 is 5.97 Å². The normalized spacial score (nSPS) is 26.8. The summed E-state index contributed by atoms with van der Waals surface area (Å²) < 4.78 is 88.5. The number of esters is 1. The van der Waals surface area contributed by atoms with E-state index < -0.39 is 105 Å². The Bertz CT molecular complexity index is 2940. The van der Waals surface area contributed by atoms with E-state index in [0.29, 0.717) is 12.8 Å². The molecule has 0 aromatic heterocycles. The van der Waals surface area contributed by atoms with Gasteiger partial charge in [0.25, 0.3) is 0 Å². The van der Waals surface area contributed by atoms with Gasteiger partial charge in [0.15, 0.2) is 18.9 Å². The maximum absolute atomic E-state index is 13.4. The molecule has 6 aromatic rings. The van der Waals surface area contributed by atoms with Crippen molar-refractivity contribution in [1.82, 2.24) is 5.32 Å².